The van der Waals surface area contributed by atoms with E-state index in [-0.39, 0.29) is 12.6 Å². The molecule has 0 bridgehead atoms. The minimum atomic E-state index is -0.128. The van der Waals surface area contributed by atoms with Crippen molar-refractivity contribution in [3.63, 3.8) is 0 Å². The zero-order chi connectivity index (χ0) is 10.8. The van der Waals surface area contributed by atoms with Crippen LogP contribution in [-0.4, -0.2) is 19.2 Å². The number of hydrogen-bond acceptors (Lipinski definition) is 2. The van der Waals surface area contributed by atoms with Crippen LogP contribution < -0.4 is 0 Å². The zero-order valence-electron chi connectivity index (χ0n) is 9.25. The van der Waals surface area contributed by atoms with Crippen LogP contribution in [0, 0.1) is 5.92 Å². The molecule has 0 N–H and O–H groups in total. The molecule has 0 rings (SSSR count). The van der Waals surface area contributed by atoms with Gasteiger partial charge in [-0.15, -0.1) is 0 Å². The van der Waals surface area contributed by atoms with Gasteiger partial charge >= 0.3 is 5.97 Å². The van der Waals surface area contributed by atoms with E-state index >= 15 is 0 Å². The Morgan fingerprint density at radius 3 is 2.50 bits per heavy atom. The molecule has 3 nitrogen and oxygen atoms in total. The fourth-order valence-corrected chi connectivity index (χ4v) is 1.12. The summed E-state index contributed by atoms with van der Waals surface area (Å²) in [4.78, 5) is 11.1. The van der Waals surface area contributed by atoms with Crippen molar-refractivity contribution < 1.29 is 14.6 Å². The molecule has 0 atom stereocenters. The average Bonchev–Trinajstić information content (AvgIpc) is 2.12. The van der Waals surface area contributed by atoms with Crippen molar-refractivity contribution in [3.8, 4) is 0 Å². The van der Waals surface area contributed by atoms with Crippen molar-refractivity contribution >= 4 is 5.97 Å². The summed E-state index contributed by atoms with van der Waals surface area (Å²) in [7, 11) is 0. The Hall–Kier alpha value is -0.570. The molecule has 0 saturated heterocycles. The van der Waals surface area contributed by atoms with Crippen molar-refractivity contribution in [2.45, 2.75) is 46.0 Å². The van der Waals surface area contributed by atoms with Crippen LogP contribution in [0.25, 0.3) is 0 Å². The van der Waals surface area contributed by atoms with Crippen LogP contribution in [0.1, 0.15) is 46.0 Å². The van der Waals surface area contributed by atoms with Crippen molar-refractivity contribution in [1.82, 2.24) is 0 Å². The van der Waals surface area contributed by atoms with Gasteiger partial charge in [-0.1, -0.05) is 20.3 Å². The van der Waals surface area contributed by atoms with E-state index in [2.05, 4.69) is 13.8 Å². The van der Waals surface area contributed by atoms with Crippen LogP contribution in [0.2, 0.25) is 0 Å². The third-order valence-electron chi connectivity index (χ3n) is 1.96. The molecule has 0 amide bonds. The van der Waals surface area contributed by atoms with Gasteiger partial charge in [0.05, 0.1) is 13.2 Å². The number of carbonyl (C=O) groups is 1. The van der Waals surface area contributed by atoms with Gasteiger partial charge in [-0.2, -0.15) is 0 Å². The second-order valence-electron chi connectivity index (χ2n) is 3.92. The molecule has 1 radical (unpaired) electrons. The quantitative estimate of drug-likeness (QED) is 0.447. The van der Waals surface area contributed by atoms with Gasteiger partial charge in [0, 0.05) is 6.42 Å². The molecule has 14 heavy (non-hydrogen) atoms. The number of unbranched alkanes of at least 4 members (excludes halogenated alkanes) is 1. The lowest BCUT2D eigenvalue weighted by Gasteiger charge is -2.05. The van der Waals surface area contributed by atoms with Gasteiger partial charge in [0.2, 0.25) is 0 Å². The van der Waals surface area contributed by atoms with E-state index in [4.69, 9.17) is 4.74 Å². The molecule has 0 heterocycles. The first-order valence-electron chi connectivity index (χ1n) is 5.40. The Labute approximate surface area is 86.5 Å². The molecule has 3 heteroatoms. The predicted octanol–water partition coefficient (Wildman–Crippen LogP) is 2.57. The zero-order valence-corrected chi connectivity index (χ0v) is 9.25. The van der Waals surface area contributed by atoms with Crippen LogP contribution >= 0.6 is 0 Å². The molecule has 0 saturated carbocycles. The van der Waals surface area contributed by atoms with Gasteiger partial charge in [0.25, 0.3) is 0 Å². The molecule has 0 aromatic carbocycles. The molecule has 0 unspecified atom stereocenters. The summed E-state index contributed by atoms with van der Waals surface area (Å²) in [5.41, 5.74) is 0. The van der Waals surface area contributed by atoms with Gasteiger partial charge in [0.15, 0.2) is 0 Å². The van der Waals surface area contributed by atoms with Crippen LogP contribution in [0.3, 0.4) is 0 Å². The molecule has 0 aliphatic rings. The van der Waals surface area contributed by atoms with E-state index in [1.807, 2.05) is 0 Å². The Balaban J connectivity index is 3.20. The lowest BCUT2D eigenvalue weighted by Crippen LogP contribution is -2.06. The summed E-state index contributed by atoms with van der Waals surface area (Å²) >= 11 is 0. The molecular weight excluding hydrogens is 180 g/mol. The third-order valence-corrected chi connectivity index (χ3v) is 1.96. The Morgan fingerprint density at radius 2 is 1.93 bits per heavy atom. The third kappa shape index (κ3) is 9.52. The molecule has 0 aromatic rings. The fourth-order valence-electron chi connectivity index (χ4n) is 1.12. The lowest BCUT2D eigenvalue weighted by molar-refractivity contribution is -0.144. The van der Waals surface area contributed by atoms with Crippen molar-refractivity contribution in [2.24, 2.45) is 5.92 Å². The highest BCUT2D eigenvalue weighted by Crippen LogP contribution is 2.06. The topological polar surface area (TPSA) is 46.2 Å². The number of carbonyl (C=O) groups excluding carboxylic acids is 1. The predicted molar refractivity (Wildman–Crippen MR) is 54.4 cm³/mol. The number of hydrogen-bond donors (Lipinski definition) is 0. The molecule has 0 fully saturated rings. The smallest absolute Gasteiger partial charge is 0.305 e. The highest BCUT2D eigenvalue weighted by Gasteiger charge is 2.03. The van der Waals surface area contributed by atoms with E-state index in [9.17, 15) is 9.90 Å². The highest BCUT2D eigenvalue weighted by atomic mass is 16.5. The summed E-state index contributed by atoms with van der Waals surface area (Å²) in [6, 6.07) is 0. The number of esters is 1. The Kier molecular flexibility index (Phi) is 8.64. The second kappa shape index (κ2) is 9.00. The first-order chi connectivity index (χ1) is 6.66. The first-order valence-corrected chi connectivity index (χ1v) is 5.40. The normalized spacial score (nSPS) is 10.6. The summed E-state index contributed by atoms with van der Waals surface area (Å²) in [6.07, 6.45) is 3.77. The van der Waals surface area contributed by atoms with Gasteiger partial charge in [-0.05, 0) is 25.2 Å². The fraction of sp³-hybridized carbons (Fsp3) is 0.909. The maximum absolute atomic E-state index is 11.1. The summed E-state index contributed by atoms with van der Waals surface area (Å²) in [5.74, 6) is 0.514. The van der Waals surface area contributed by atoms with Crippen molar-refractivity contribution in [3.05, 3.63) is 0 Å². The molecule has 0 aromatic heterocycles. The summed E-state index contributed by atoms with van der Waals surface area (Å²) in [6.45, 7) is 4.60. The van der Waals surface area contributed by atoms with Crippen molar-refractivity contribution in [2.75, 3.05) is 13.2 Å². The molecule has 0 aliphatic carbocycles. The molecule has 83 valence electrons. The Morgan fingerprint density at radius 1 is 1.21 bits per heavy atom. The summed E-state index contributed by atoms with van der Waals surface area (Å²) < 4.78 is 4.95. The largest absolute Gasteiger partial charge is 0.466 e. The van der Waals surface area contributed by atoms with Crippen LogP contribution in [0.5, 0.6) is 0 Å². The van der Waals surface area contributed by atoms with Crippen LogP contribution in [-0.2, 0) is 14.6 Å². The highest BCUT2D eigenvalue weighted by molar-refractivity contribution is 5.69. The minimum absolute atomic E-state index is 0.0785. The number of rotatable bonds is 8. The van der Waals surface area contributed by atoms with E-state index in [1.54, 1.807) is 0 Å². The first kappa shape index (κ1) is 13.4. The van der Waals surface area contributed by atoms with E-state index in [0.29, 0.717) is 31.8 Å². The van der Waals surface area contributed by atoms with Gasteiger partial charge in [-0.3, -0.25) is 4.79 Å². The number of ether oxygens (including phenoxy) is 1. The van der Waals surface area contributed by atoms with E-state index < -0.39 is 0 Å². The van der Waals surface area contributed by atoms with Crippen molar-refractivity contribution in [1.29, 1.82) is 0 Å². The lowest BCUT2D eigenvalue weighted by atomic mass is 10.1. The average molecular weight is 201 g/mol. The Bertz CT molecular complexity index is 143. The molecular formula is C11H21O3. The van der Waals surface area contributed by atoms with E-state index in [0.717, 1.165) is 12.8 Å². The second-order valence-corrected chi connectivity index (χ2v) is 3.92. The summed E-state index contributed by atoms with van der Waals surface area (Å²) in [5, 5.41) is 10.1. The minimum Gasteiger partial charge on any atom is -0.466 e. The van der Waals surface area contributed by atoms with Gasteiger partial charge < -0.3 is 4.74 Å². The molecule has 0 aliphatic heterocycles. The van der Waals surface area contributed by atoms with Gasteiger partial charge in [-0.25, -0.2) is 5.11 Å². The maximum Gasteiger partial charge on any atom is 0.305 e. The van der Waals surface area contributed by atoms with Crippen LogP contribution in [0.4, 0.5) is 0 Å². The van der Waals surface area contributed by atoms with Gasteiger partial charge in [0.1, 0.15) is 0 Å². The monoisotopic (exact) mass is 201 g/mol. The van der Waals surface area contributed by atoms with E-state index in [1.165, 1.54) is 0 Å². The maximum atomic E-state index is 11.1. The standard InChI is InChI=1S/C11H21O3/c1-10(2)6-5-7-11(13)14-9-4-3-8-12/h10H,3-9H2,1-2H3. The van der Waals surface area contributed by atoms with Crippen LogP contribution in [0.15, 0.2) is 0 Å². The SMILES string of the molecule is CC(C)CCCC(=O)OCCCC[O]. The molecule has 0 spiro atoms.